The Balaban J connectivity index is 0.000000425. The standard InChI is InChI=1S/C10H6Cl2F6N2O2.C7H4F2O/c11-3-2-6(4(12)1-5(3)20-8(19)21)22-10(17,18)7(13)9(14,15)16;8-6-2-1-3-7(9)5(6)4-10/h1-2,7H,(H3,19,20,21);1-4H. The van der Waals surface area contributed by atoms with Crippen molar-refractivity contribution >= 4 is 41.2 Å². The fourth-order valence-corrected chi connectivity index (χ4v) is 2.25. The number of urea groups is 1. The van der Waals surface area contributed by atoms with E-state index in [0.717, 1.165) is 18.2 Å². The lowest BCUT2D eigenvalue weighted by atomic mass is 10.2. The number of nitrogens with one attached hydrogen (secondary N) is 1. The number of hydrogen-bond donors (Lipinski definition) is 2. The third-order valence-corrected chi connectivity index (χ3v) is 3.83. The van der Waals surface area contributed by atoms with Crippen LogP contribution in [0.5, 0.6) is 5.75 Å². The normalized spacial score (nSPS) is 12.3. The van der Waals surface area contributed by atoms with Gasteiger partial charge in [-0.1, -0.05) is 29.3 Å². The van der Waals surface area contributed by atoms with Crippen molar-refractivity contribution in [2.24, 2.45) is 5.73 Å². The minimum atomic E-state index is -5.84. The zero-order valence-corrected chi connectivity index (χ0v) is 16.6. The van der Waals surface area contributed by atoms with Gasteiger partial charge in [0.15, 0.2) is 6.29 Å². The molecule has 0 saturated carbocycles. The fourth-order valence-electron chi connectivity index (χ4n) is 1.85. The predicted octanol–water partition coefficient (Wildman–Crippen LogP) is 6.13. The molecule has 0 radical (unpaired) electrons. The Morgan fingerprint density at radius 3 is 2.00 bits per heavy atom. The quantitative estimate of drug-likeness (QED) is 0.373. The summed E-state index contributed by atoms with van der Waals surface area (Å²) in [6, 6.07) is 3.59. The third kappa shape index (κ3) is 7.41. The molecule has 0 spiro atoms. The van der Waals surface area contributed by atoms with Crippen LogP contribution in [0.4, 0.5) is 45.6 Å². The molecule has 2 amide bonds. The molecule has 5 nitrogen and oxygen atoms in total. The van der Waals surface area contributed by atoms with E-state index >= 15 is 0 Å². The molecule has 15 heteroatoms. The number of hydrogen-bond acceptors (Lipinski definition) is 3. The molecule has 2 aromatic rings. The van der Waals surface area contributed by atoms with E-state index in [1.165, 1.54) is 6.07 Å². The largest absolute Gasteiger partial charge is 0.439 e. The molecule has 3 N–H and O–H groups in total. The molecule has 0 fully saturated rings. The molecule has 0 bridgehead atoms. The highest BCUT2D eigenvalue weighted by Gasteiger charge is 2.59. The molecule has 32 heavy (non-hydrogen) atoms. The summed E-state index contributed by atoms with van der Waals surface area (Å²) in [4.78, 5) is 20.6. The van der Waals surface area contributed by atoms with Crippen LogP contribution >= 0.6 is 23.2 Å². The lowest BCUT2D eigenvalue weighted by Crippen LogP contribution is -2.45. The van der Waals surface area contributed by atoms with Gasteiger partial charge >= 0.3 is 18.3 Å². The van der Waals surface area contributed by atoms with Gasteiger partial charge in [0.05, 0.1) is 21.3 Å². The SMILES string of the molecule is NC(=O)Nc1cc(Cl)c(OC(F)(F)C(F)C(F)(F)F)cc1Cl.O=Cc1c(F)cccc1F. The summed E-state index contributed by atoms with van der Waals surface area (Å²) in [6.07, 6.45) is -15.5. The number of nitrogens with two attached hydrogens (primary N) is 1. The predicted molar refractivity (Wildman–Crippen MR) is 97.9 cm³/mol. The van der Waals surface area contributed by atoms with Crippen molar-refractivity contribution in [3.05, 3.63) is 57.6 Å². The van der Waals surface area contributed by atoms with E-state index in [1.54, 1.807) is 0 Å². The van der Waals surface area contributed by atoms with E-state index in [1.807, 2.05) is 5.32 Å². The first-order valence-corrected chi connectivity index (χ1v) is 8.58. The van der Waals surface area contributed by atoms with Gasteiger partial charge in [0.1, 0.15) is 17.4 Å². The monoisotopic (exact) mass is 512 g/mol. The molecule has 176 valence electrons. The molecular formula is C17H10Cl2F8N2O3. The molecule has 2 aromatic carbocycles. The average molecular weight is 513 g/mol. The molecule has 1 unspecified atom stereocenters. The van der Waals surface area contributed by atoms with Crippen molar-refractivity contribution < 1.29 is 49.4 Å². The van der Waals surface area contributed by atoms with Crippen molar-refractivity contribution in [2.45, 2.75) is 18.5 Å². The molecule has 0 aliphatic rings. The van der Waals surface area contributed by atoms with Gasteiger partial charge in [-0.25, -0.2) is 18.0 Å². The van der Waals surface area contributed by atoms with Crippen LogP contribution < -0.4 is 15.8 Å². The smallest absolute Gasteiger partial charge is 0.428 e. The number of rotatable bonds is 5. The van der Waals surface area contributed by atoms with Gasteiger partial charge in [-0.05, 0) is 18.2 Å². The van der Waals surface area contributed by atoms with Crippen LogP contribution in [0.2, 0.25) is 10.0 Å². The molecule has 1 atom stereocenters. The summed E-state index contributed by atoms with van der Waals surface area (Å²) in [5.41, 5.74) is 4.08. The Morgan fingerprint density at radius 2 is 1.59 bits per heavy atom. The van der Waals surface area contributed by atoms with Crippen molar-refractivity contribution in [2.75, 3.05) is 5.32 Å². The molecule has 0 aromatic heterocycles. The topological polar surface area (TPSA) is 81.4 Å². The number of anilines is 1. The first-order valence-electron chi connectivity index (χ1n) is 7.82. The van der Waals surface area contributed by atoms with Crippen LogP contribution in [0.1, 0.15) is 10.4 Å². The lowest BCUT2D eigenvalue weighted by molar-refractivity contribution is -0.304. The van der Waals surface area contributed by atoms with Gasteiger partial charge in [0.25, 0.3) is 6.17 Å². The van der Waals surface area contributed by atoms with Gasteiger partial charge < -0.3 is 15.8 Å². The number of benzene rings is 2. The second kappa shape index (κ2) is 10.7. The van der Waals surface area contributed by atoms with Crippen LogP contribution in [0.3, 0.4) is 0 Å². The second-order valence-corrected chi connectivity index (χ2v) is 6.39. The van der Waals surface area contributed by atoms with Gasteiger partial charge in [0.2, 0.25) is 0 Å². The number of aldehydes is 1. The van der Waals surface area contributed by atoms with E-state index in [-0.39, 0.29) is 12.0 Å². The van der Waals surface area contributed by atoms with Crippen molar-refractivity contribution in [3.8, 4) is 5.75 Å². The first kappa shape index (κ1) is 27.2. The Morgan fingerprint density at radius 1 is 1.06 bits per heavy atom. The molecule has 0 aliphatic heterocycles. The lowest BCUT2D eigenvalue weighted by Gasteiger charge is -2.23. The number of alkyl halides is 6. The van der Waals surface area contributed by atoms with Gasteiger partial charge in [-0.2, -0.15) is 22.0 Å². The average Bonchev–Trinajstić information content (AvgIpc) is 2.64. The molecule has 0 saturated heterocycles. The van der Waals surface area contributed by atoms with Crippen LogP contribution in [0.15, 0.2) is 30.3 Å². The van der Waals surface area contributed by atoms with Gasteiger partial charge in [-0.15, -0.1) is 0 Å². The zero-order chi connectivity index (χ0) is 24.9. The maximum absolute atomic E-state index is 13.1. The maximum atomic E-state index is 13.1. The highest BCUT2D eigenvalue weighted by Crippen LogP contribution is 2.41. The number of carbonyl (C=O) groups excluding carboxylic acids is 2. The van der Waals surface area contributed by atoms with Gasteiger partial charge in [0, 0.05) is 6.07 Å². The molecule has 0 heterocycles. The van der Waals surface area contributed by atoms with Crippen LogP contribution in [-0.2, 0) is 0 Å². The summed E-state index contributed by atoms with van der Waals surface area (Å²) in [6.45, 7) is 0. The van der Waals surface area contributed by atoms with E-state index in [4.69, 9.17) is 28.9 Å². The summed E-state index contributed by atoms with van der Waals surface area (Å²) in [7, 11) is 0. The minimum absolute atomic E-state index is 0.157. The Hall–Kier alpha value is -2.80. The minimum Gasteiger partial charge on any atom is -0.428 e. The van der Waals surface area contributed by atoms with Crippen LogP contribution in [0, 0.1) is 11.6 Å². The molecule has 2 rings (SSSR count). The van der Waals surface area contributed by atoms with Crippen molar-refractivity contribution in [3.63, 3.8) is 0 Å². The Bertz CT molecular complexity index is 969. The first-order chi connectivity index (χ1) is 14.6. The number of halogens is 10. The van der Waals surface area contributed by atoms with E-state index in [0.29, 0.717) is 6.07 Å². The van der Waals surface area contributed by atoms with E-state index in [9.17, 15) is 44.7 Å². The van der Waals surface area contributed by atoms with Crippen molar-refractivity contribution in [1.82, 2.24) is 0 Å². The number of primary amides is 1. The Kier molecular flexibility index (Phi) is 9.09. The molecular weight excluding hydrogens is 503 g/mol. The van der Waals surface area contributed by atoms with Crippen LogP contribution in [0.25, 0.3) is 0 Å². The number of amides is 2. The van der Waals surface area contributed by atoms with E-state index < -0.39 is 57.5 Å². The van der Waals surface area contributed by atoms with Gasteiger partial charge in [-0.3, -0.25) is 4.79 Å². The number of ether oxygens (including phenoxy) is 1. The fraction of sp³-hybridized carbons (Fsp3) is 0.176. The van der Waals surface area contributed by atoms with E-state index in [2.05, 4.69) is 4.74 Å². The second-order valence-electron chi connectivity index (χ2n) is 5.57. The number of carbonyl (C=O) groups is 2. The summed E-state index contributed by atoms with van der Waals surface area (Å²) < 4.78 is 103. The highest BCUT2D eigenvalue weighted by molar-refractivity contribution is 6.36. The highest BCUT2D eigenvalue weighted by atomic mass is 35.5. The zero-order valence-electron chi connectivity index (χ0n) is 15.1. The third-order valence-electron chi connectivity index (χ3n) is 3.23. The van der Waals surface area contributed by atoms with Crippen molar-refractivity contribution in [1.29, 1.82) is 0 Å². The summed E-state index contributed by atoms with van der Waals surface area (Å²) in [5.74, 6) is -2.66. The van der Waals surface area contributed by atoms with Crippen LogP contribution in [-0.4, -0.2) is 30.8 Å². The summed E-state index contributed by atoms with van der Waals surface area (Å²) >= 11 is 11.1. The molecule has 0 aliphatic carbocycles. The Labute approximate surface area is 184 Å². The maximum Gasteiger partial charge on any atom is 0.439 e. The summed E-state index contributed by atoms with van der Waals surface area (Å²) in [5, 5.41) is 0.906.